The zero-order valence-corrected chi connectivity index (χ0v) is 15.1. The Morgan fingerprint density at radius 2 is 1.76 bits per heavy atom. The normalized spacial score (nSPS) is 25.2. The lowest BCUT2D eigenvalue weighted by atomic mass is 9.94. The summed E-state index contributed by atoms with van der Waals surface area (Å²) in [6, 6.07) is 0.261. The molecule has 2 aliphatic rings. The first-order chi connectivity index (χ1) is 12.2. The summed E-state index contributed by atoms with van der Waals surface area (Å²) in [6.45, 7) is 0. The molecule has 1 amide bonds. The minimum atomic E-state index is -0.246. The second-order valence-corrected chi connectivity index (χ2v) is 7.35. The highest BCUT2D eigenvalue weighted by molar-refractivity contribution is 5.94. The molecule has 25 heavy (non-hydrogen) atoms. The van der Waals surface area contributed by atoms with Gasteiger partial charge < -0.3 is 10.1 Å². The molecule has 0 aliphatic heterocycles. The van der Waals surface area contributed by atoms with Crippen molar-refractivity contribution in [1.82, 2.24) is 15.1 Å². The van der Waals surface area contributed by atoms with Crippen molar-refractivity contribution < 1.29 is 14.3 Å². The summed E-state index contributed by atoms with van der Waals surface area (Å²) >= 11 is 0. The van der Waals surface area contributed by atoms with Crippen molar-refractivity contribution in [2.24, 2.45) is 5.92 Å². The number of carbonyl (C=O) groups is 2. The average Bonchev–Trinajstić information content (AvgIpc) is 3.03. The van der Waals surface area contributed by atoms with Crippen LogP contribution in [0.4, 0.5) is 0 Å². The molecule has 2 fully saturated rings. The van der Waals surface area contributed by atoms with Crippen LogP contribution in [0, 0.1) is 5.92 Å². The maximum Gasteiger partial charge on any atom is 0.310 e. The molecule has 0 radical (unpaired) electrons. The first-order valence-corrected chi connectivity index (χ1v) is 9.62. The Kier molecular flexibility index (Phi) is 6.10. The lowest BCUT2D eigenvalue weighted by Crippen LogP contribution is -2.43. The Balaban J connectivity index is 1.65. The molecule has 0 spiro atoms. The number of amides is 1. The van der Waals surface area contributed by atoms with E-state index in [1.54, 1.807) is 6.20 Å². The van der Waals surface area contributed by atoms with Crippen LogP contribution in [0.15, 0.2) is 12.4 Å². The van der Waals surface area contributed by atoms with E-state index in [-0.39, 0.29) is 23.8 Å². The average molecular weight is 347 g/mol. The van der Waals surface area contributed by atoms with E-state index in [2.05, 4.69) is 10.4 Å². The van der Waals surface area contributed by atoms with E-state index >= 15 is 0 Å². The van der Waals surface area contributed by atoms with Crippen molar-refractivity contribution in [2.75, 3.05) is 7.11 Å². The summed E-state index contributed by atoms with van der Waals surface area (Å²) in [6.07, 6.45) is 14.3. The van der Waals surface area contributed by atoms with Crippen LogP contribution in [0.3, 0.4) is 0 Å². The van der Waals surface area contributed by atoms with E-state index in [0.29, 0.717) is 11.6 Å². The molecule has 0 aromatic carbocycles. The highest BCUT2D eigenvalue weighted by atomic mass is 16.5. The number of methoxy groups -OCH3 is 1. The third-order valence-electron chi connectivity index (χ3n) is 5.65. The molecule has 1 aromatic rings. The summed E-state index contributed by atoms with van der Waals surface area (Å²) in [5.41, 5.74) is 0.582. The lowest BCUT2D eigenvalue weighted by molar-refractivity contribution is -0.146. The Morgan fingerprint density at radius 3 is 2.48 bits per heavy atom. The minimum Gasteiger partial charge on any atom is -0.469 e. The molecular formula is C19H29N3O3. The maximum atomic E-state index is 12.7. The molecule has 2 aliphatic carbocycles. The molecule has 3 rings (SSSR count). The zero-order chi connectivity index (χ0) is 17.6. The van der Waals surface area contributed by atoms with E-state index in [1.165, 1.54) is 26.4 Å². The van der Waals surface area contributed by atoms with Crippen molar-refractivity contribution in [3.63, 3.8) is 0 Å². The van der Waals surface area contributed by atoms with Crippen LogP contribution < -0.4 is 5.32 Å². The zero-order valence-electron chi connectivity index (χ0n) is 15.1. The number of nitrogens with one attached hydrogen (secondary N) is 1. The number of hydrogen-bond acceptors (Lipinski definition) is 4. The third kappa shape index (κ3) is 4.41. The van der Waals surface area contributed by atoms with Gasteiger partial charge in [-0.1, -0.05) is 38.5 Å². The van der Waals surface area contributed by atoms with Gasteiger partial charge in [0.1, 0.15) is 0 Å². The number of nitrogens with zero attached hydrogens (tertiary/aromatic N) is 2. The fraction of sp³-hybridized carbons (Fsp3) is 0.737. The fourth-order valence-corrected chi connectivity index (χ4v) is 4.17. The van der Waals surface area contributed by atoms with E-state index in [4.69, 9.17) is 4.74 Å². The maximum absolute atomic E-state index is 12.7. The van der Waals surface area contributed by atoms with Gasteiger partial charge in [-0.2, -0.15) is 5.10 Å². The molecule has 2 atom stereocenters. The quantitative estimate of drug-likeness (QED) is 0.670. The number of aromatic nitrogens is 2. The molecule has 1 aromatic heterocycles. The number of ether oxygens (including phenoxy) is 1. The molecule has 0 bridgehead atoms. The predicted molar refractivity (Wildman–Crippen MR) is 94.2 cm³/mol. The number of carbonyl (C=O) groups excluding carboxylic acids is 2. The standard InChI is InChI=1S/C19H29N3O3/c1-25-19(24)16-10-6-3-7-11-17(16)21-18(23)14-12-20-22(13-14)15-8-4-2-5-9-15/h12-13,15-17H,2-11H2,1H3,(H,21,23)/t16-,17+/m0/s1. The number of hydrogen-bond donors (Lipinski definition) is 1. The van der Waals surface area contributed by atoms with E-state index in [9.17, 15) is 9.59 Å². The van der Waals surface area contributed by atoms with Crippen molar-refractivity contribution in [3.8, 4) is 0 Å². The highest BCUT2D eigenvalue weighted by Crippen LogP contribution is 2.28. The molecular weight excluding hydrogens is 318 g/mol. The second-order valence-electron chi connectivity index (χ2n) is 7.35. The summed E-state index contributed by atoms with van der Waals surface area (Å²) in [5.74, 6) is -0.599. The first kappa shape index (κ1) is 18.0. The van der Waals surface area contributed by atoms with Crippen molar-refractivity contribution >= 4 is 11.9 Å². The largest absolute Gasteiger partial charge is 0.469 e. The van der Waals surface area contributed by atoms with E-state index in [0.717, 1.165) is 44.9 Å². The Hall–Kier alpha value is -1.85. The first-order valence-electron chi connectivity index (χ1n) is 9.62. The topological polar surface area (TPSA) is 73.2 Å². The summed E-state index contributed by atoms with van der Waals surface area (Å²) < 4.78 is 6.88. The smallest absolute Gasteiger partial charge is 0.310 e. The van der Waals surface area contributed by atoms with Gasteiger partial charge in [0, 0.05) is 12.2 Å². The molecule has 2 saturated carbocycles. The van der Waals surface area contributed by atoms with Crippen LogP contribution in [0.5, 0.6) is 0 Å². The molecule has 6 heteroatoms. The van der Waals surface area contributed by atoms with Gasteiger partial charge in [-0.25, -0.2) is 0 Å². The van der Waals surface area contributed by atoms with Crippen molar-refractivity contribution in [1.29, 1.82) is 0 Å². The Labute approximate surface area is 149 Å². The predicted octanol–water partition coefficient (Wildman–Crippen LogP) is 3.24. The van der Waals surface area contributed by atoms with Crippen LogP contribution >= 0.6 is 0 Å². The van der Waals surface area contributed by atoms with Crippen LogP contribution in [-0.2, 0) is 9.53 Å². The summed E-state index contributed by atoms with van der Waals surface area (Å²) in [4.78, 5) is 24.7. The molecule has 1 heterocycles. The summed E-state index contributed by atoms with van der Waals surface area (Å²) in [5, 5.41) is 7.47. The van der Waals surface area contributed by atoms with Gasteiger partial charge in [-0.3, -0.25) is 14.3 Å². The second kappa shape index (κ2) is 8.50. The van der Waals surface area contributed by atoms with Gasteiger partial charge in [-0.05, 0) is 25.7 Å². The van der Waals surface area contributed by atoms with Gasteiger partial charge in [-0.15, -0.1) is 0 Å². The number of rotatable bonds is 4. The van der Waals surface area contributed by atoms with Crippen molar-refractivity contribution in [2.45, 2.75) is 76.3 Å². The highest BCUT2D eigenvalue weighted by Gasteiger charge is 2.32. The van der Waals surface area contributed by atoms with Crippen LogP contribution in [0.2, 0.25) is 0 Å². The SMILES string of the molecule is COC(=O)[C@H]1CCCCC[C@H]1NC(=O)c1cnn(C2CCCCC2)c1. The van der Waals surface area contributed by atoms with Crippen LogP contribution in [0.25, 0.3) is 0 Å². The van der Waals surface area contributed by atoms with Gasteiger partial charge in [0.2, 0.25) is 0 Å². The van der Waals surface area contributed by atoms with Gasteiger partial charge >= 0.3 is 5.97 Å². The Morgan fingerprint density at radius 1 is 1.08 bits per heavy atom. The molecule has 0 saturated heterocycles. The summed E-state index contributed by atoms with van der Waals surface area (Å²) in [7, 11) is 1.42. The molecule has 1 N–H and O–H groups in total. The van der Waals surface area contributed by atoms with E-state index in [1.807, 2.05) is 10.9 Å². The van der Waals surface area contributed by atoms with Gasteiger partial charge in [0.15, 0.2) is 0 Å². The van der Waals surface area contributed by atoms with Gasteiger partial charge in [0.05, 0.1) is 30.8 Å². The molecule has 6 nitrogen and oxygen atoms in total. The lowest BCUT2D eigenvalue weighted by Gasteiger charge is -2.24. The molecule has 0 unspecified atom stereocenters. The van der Waals surface area contributed by atoms with Crippen LogP contribution in [-0.4, -0.2) is 34.8 Å². The monoisotopic (exact) mass is 347 g/mol. The Bertz CT molecular complexity index is 592. The van der Waals surface area contributed by atoms with Gasteiger partial charge in [0.25, 0.3) is 5.91 Å². The van der Waals surface area contributed by atoms with E-state index < -0.39 is 0 Å². The number of esters is 1. The van der Waals surface area contributed by atoms with Crippen LogP contribution in [0.1, 0.15) is 80.6 Å². The molecule has 138 valence electrons. The minimum absolute atomic E-state index is 0.136. The fourth-order valence-electron chi connectivity index (χ4n) is 4.17. The van der Waals surface area contributed by atoms with Crippen molar-refractivity contribution in [3.05, 3.63) is 18.0 Å². The third-order valence-corrected chi connectivity index (χ3v) is 5.65.